The Morgan fingerprint density at radius 1 is 0.903 bits per heavy atom. The van der Waals surface area contributed by atoms with Crippen molar-refractivity contribution in [3.63, 3.8) is 0 Å². The predicted molar refractivity (Wildman–Crippen MR) is 111 cm³/mol. The predicted octanol–water partition coefficient (Wildman–Crippen LogP) is 2.70. The number of hydrogen-bond acceptors (Lipinski definition) is 7. The van der Waals surface area contributed by atoms with Crippen molar-refractivity contribution < 1.29 is 17.7 Å². The fourth-order valence-corrected chi connectivity index (χ4v) is 4.97. The van der Waals surface area contributed by atoms with Gasteiger partial charge in [-0.3, -0.25) is 10.1 Å². The smallest absolute Gasteiger partial charge is 0.289 e. The highest BCUT2D eigenvalue weighted by Crippen LogP contribution is 2.27. The van der Waals surface area contributed by atoms with Gasteiger partial charge in [-0.15, -0.1) is 10.2 Å². The van der Waals surface area contributed by atoms with Crippen LogP contribution in [0.5, 0.6) is 0 Å². The molecule has 1 aliphatic rings. The number of benzene rings is 2. The molecular formula is C20H18FN5O4S. The number of sulfonamides is 1. The Labute approximate surface area is 178 Å². The molecule has 0 amide bonds. The second kappa shape index (κ2) is 8.36. The first-order valence-electron chi connectivity index (χ1n) is 9.44. The third kappa shape index (κ3) is 4.23. The van der Waals surface area contributed by atoms with Gasteiger partial charge in [-0.1, -0.05) is 12.1 Å². The summed E-state index contributed by atoms with van der Waals surface area (Å²) in [6, 6.07) is 14.8. The molecule has 2 aromatic carbocycles. The van der Waals surface area contributed by atoms with E-state index in [1.54, 1.807) is 24.3 Å². The molecule has 1 aliphatic heterocycles. The van der Waals surface area contributed by atoms with E-state index in [2.05, 4.69) is 10.2 Å². The standard InChI is InChI=1S/C20H18FN5O4S/c21-16-7-5-15(6-8-16)17-9-10-20(23-22-17)24-11-13-25(14-12-24)31(29,30)19-4-2-1-3-18(19)26(27)28/h1-10H,11-14H2. The molecule has 0 atom stereocenters. The van der Waals surface area contributed by atoms with Crippen LogP contribution in [0.4, 0.5) is 15.9 Å². The van der Waals surface area contributed by atoms with E-state index in [0.29, 0.717) is 24.6 Å². The Morgan fingerprint density at radius 3 is 2.19 bits per heavy atom. The summed E-state index contributed by atoms with van der Waals surface area (Å²) in [4.78, 5) is 12.1. The zero-order valence-electron chi connectivity index (χ0n) is 16.3. The summed E-state index contributed by atoms with van der Waals surface area (Å²) in [5.74, 6) is 0.260. The summed E-state index contributed by atoms with van der Waals surface area (Å²) < 4.78 is 40.2. The number of piperazine rings is 1. The Balaban J connectivity index is 1.46. The Kier molecular flexibility index (Phi) is 5.61. The maximum Gasteiger partial charge on any atom is 0.289 e. The van der Waals surface area contributed by atoms with Crippen molar-refractivity contribution in [2.75, 3.05) is 31.1 Å². The van der Waals surface area contributed by atoms with E-state index in [0.717, 1.165) is 5.56 Å². The van der Waals surface area contributed by atoms with E-state index < -0.39 is 20.6 Å². The van der Waals surface area contributed by atoms with E-state index >= 15 is 0 Å². The molecule has 0 saturated carbocycles. The summed E-state index contributed by atoms with van der Waals surface area (Å²) in [5.41, 5.74) is 0.898. The van der Waals surface area contributed by atoms with Gasteiger partial charge in [0.15, 0.2) is 10.7 Å². The fraction of sp³-hybridized carbons (Fsp3) is 0.200. The highest BCUT2D eigenvalue weighted by molar-refractivity contribution is 7.89. The lowest BCUT2D eigenvalue weighted by Gasteiger charge is -2.34. The number of nitrogens with zero attached hydrogens (tertiary/aromatic N) is 5. The summed E-state index contributed by atoms with van der Waals surface area (Å²) in [5, 5.41) is 19.6. The van der Waals surface area contributed by atoms with Gasteiger partial charge in [0.05, 0.1) is 10.6 Å². The third-order valence-electron chi connectivity index (χ3n) is 5.03. The molecule has 3 aromatic rings. The van der Waals surface area contributed by atoms with Gasteiger partial charge in [0, 0.05) is 37.8 Å². The molecule has 4 rings (SSSR count). The SMILES string of the molecule is O=[N+]([O-])c1ccccc1S(=O)(=O)N1CCN(c2ccc(-c3ccc(F)cc3)nn2)CC1. The van der Waals surface area contributed by atoms with E-state index in [9.17, 15) is 22.9 Å². The molecule has 160 valence electrons. The van der Waals surface area contributed by atoms with E-state index in [4.69, 9.17) is 0 Å². The molecule has 0 N–H and O–H groups in total. The van der Waals surface area contributed by atoms with Crippen molar-refractivity contribution in [1.82, 2.24) is 14.5 Å². The number of para-hydroxylation sites is 1. The van der Waals surface area contributed by atoms with Gasteiger partial charge < -0.3 is 4.90 Å². The minimum Gasteiger partial charge on any atom is -0.352 e. The molecule has 0 unspecified atom stereocenters. The van der Waals surface area contributed by atoms with Crippen molar-refractivity contribution in [3.05, 3.63) is 76.6 Å². The molecule has 31 heavy (non-hydrogen) atoms. The van der Waals surface area contributed by atoms with E-state index in [-0.39, 0.29) is 23.8 Å². The van der Waals surface area contributed by atoms with E-state index in [1.165, 1.54) is 40.7 Å². The minimum atomic E-state index is -3.99. The van der Waals surface area contributed by atoms with Gasteiger partial charge in [0.25, 0.3) is 5.69 Å². The number of aromatic nitrogens is 2. The Hall–Kier alpha value is -3.44. The van der Waals surface area contributed by atoms with Gasteiger partial charge in [-0.05, 0) is 42.5 Å². The number of anilines is 1. The molecule has 11 heteroatoms. The molecular weight excluding hydrogens is 425 g/mol. The molecule has 1 fully saturated rings. The first-order chi connectivity index (χ1) is 14.9. The Bertz CT molecular complexity index is 1190. The molecule has 0 aliphatic carbocycles. The van der Waals surface area contributed by atoms with Crippen LogP contribution in [-0.4, -0.2) is 54.0 Å². The lowest BCUT2D eigenvalue weighted by Crippen LogP contribution is -2.49. The maximum absolute atomic E-state index is 13.1. The topological polar surface area (TPSA) is 110 Å². The number of nitro benzene ring substituents is 1. The third-order valence-corrected chi connectivity index (χ3v) is 6.98. The zero-order chi connectivity index (χ0) is 22.0. The quantitative estimate of drug-likeness (QED) is 0.440. The van der Waals surface area contributed by atoms with Crippen molar-refractivity contribution in [1.29, 1.82) is 0 Å². The molecule has 1 aromatic heterocycles. The molecule has 0 radical (unpaired) electrons. The van der Waals surface area contributed by atoms with Crippen molar-refractivity contribution >= 4 is 21.5 Å². The van der Waals surface area contributed by atoms with Crippen LogP contribution in [0.25, 0.3) is 11.3 Å². The monoisotopic (exact) mass is 443 g/mol. The molecule has 1 saturated heterocycles. The normalized spacial score (nSPS) is 15.1. The van der Waals surface area contributed by atoms with Gasteiger partial charge >= 0.3 is 0 Å². The van der Waals surface area contributed by atoms with Crippen LogP contribution in [0, 0.1) is 15.9 Å². The van der Waals surface area contributed by atoms with Gasteiger partial charge in [-0.2, -0.15) is 4.31 Å². The van der Waals surface area contributed by atoms with Crippen molar-refractivity contribution in [3.8, 4) is 11.3 Å². The average Bonchev–Trinajstić information content (AvgIpc) is 2.80. The van der Waals surface area contributed by atoms with Gasteiger partial charge in [0.2, 0.25) is 10.0 Å². The number of nitro groups is 1. The van der Waals surface area contributed by atoms with E-state index in [1.807, 2.05) is 4.90 Å². The summed E-state index contributed by atoms with van der Waals surface area (Å²) in [7, 11) is -3.99. The lowest BCUT2D eigenvalue weighted by atomic mass is 10.1. The highest BCUT2D eigenvalue weighted by Gasteiger charge is 2.33. The average molecular weight is 443 g/mol. The van der Waals surface area contributed by atoms with Crippen LogP contribution >= 0.6 is 0 Å². The highest BCUT2D eigenvalue weighted by atomic mass is 32.2. The van der Waals surface area contributed by atoms with Gasteiger partial charge in [0.1, 0.15) is 5.82 Å². The van der Waals surface area contributed by atoms with Crippen molar-refractivity contribution in [2.45, 2.75) is 4.90 Å². The largest absolute Gasteiger partial charge is 0.352 e. The van der Waals surface area contributed by atoms with Gasteiger partial charge in [-0.25, -0.2) is 12.8 Å². The molecule has 0 spiro atoms. The molecule has 9 nitrogen and oxygen atoms in total. The zero-order valence-corrected chi connectivity index (χ0v) is 17.1. The first kappa shape index (κ1) is 20.8. The minimum absolute atomic E-state index is 0.162. The van der Waals surface area contributed by atoms with Crippen LogP contribution < -0.4 is 4.90 Å². The fourth-order valence-electron chi connectivity index (χ4n) is 3.39. The lowest BCUT2D eigenvalue weighted by molar-refractivity contribution is -0.387. The van der Waals surface area contributed by atoms with Crippen LogP contribution in [0.15, 0.2) is 65.6 Å². The number of hydrogen-bond donors (Lipinski definition) is 0. The van der Waals surface area contributed by atoms with Crippen LogP contribution in [0.1, 0.15) is 0 Å². The second-order valence-electron chi connectivity index (χ2n) is 6.90. The molecule has 0 bridgehead atoms. The summed E-state index contributed by atoms with van der Waals surface area (Å²) in [6.45, 7) is 1.06. The summed E-state index contributed by atoms with van der Waals surface area (Å²) >= 11 is 0. The first-order valence-corrected chi connectivity index (χ1v) is 10.9. The second-order valence-corrected chi connectivity index (χ2v) is 8.81. The maximum atomic E-state index is 13.1. The van der Waals surface area contributed by atoms with Crippen molar-refractivity contribution in [2.24, 2.45) is 0 Å². The Morgan fingerprint density at radius 2 is 1.58 bits per heavy atom. The molecule has 2 heterocycles. The van der Waals surface area contributed by atoms with Crippen LogP contribution in [-0.2, 0) is 10.0 Å². The number of halogens is 1. The summed E-state index contributed by atoms with van der Waals surface area (Å²) in [6.07, 6.45) is 0. The van der Waals surface area contributed by atoms with Crippen LogP contribution in [0.3, 0.4) is 0 Å². The number of rotatable bonds is 5. The van der Waals surface area contributed by atoms with Crippen LogP contribution in [0.2, 0.25) is 0 Å².